The monoisotopic (exact) mass is 283 g/mol. The molecular formula is C18H21NO2. The molecule has 0 saturated heterocycles. The number of aliphatic carboxylic acids is 1. The van der Waals surface area contributed by atoms with Crippen molar-refractivity contribution in [1.82, 2.24) is 5.32 Å². The van der Waals surface area contributed by atoms with Crippen LogP contribution in [-0.4, -0.2) is 17.1 Å². The minimum absolute atomic E-state index is 0.0612. The number of hydrogen-bond acceptors (Lipinski definition) is 2. The molecule has 0 spiro atoms. The predicted molar refractivity (Wildman–Crippen MR) is 85.0 cm³/mol. The van der Waals surface area contributed by atoms with Crippen molar-refractivity contribution >= 4 is 5.97 Å². The molecule has 21 heavy (non-hydrogen) atoms. The molecule has 0 heterocycles. The normalized spacial score (nSPS) is 12.3. The number of carboxylic acid groups (broad SMARTS) is 1. The van der Waals surface area contributed by atoms with Crippen molar-refractivity contribution in [1.29, 1.82) is 0 Å². The molecular weight excluding hydrogens is 262 g/mol. The summed E-state index contributed by atoms with van der Waals surface area (Å²) in [4.78, 5) is 11.1. The molecule has 0 aliphatic carbocycles. The molecule has 0 bridgehead atoms. The van der Waals surface area contributed by atoms with Crippen LogP contribution in [0.2, 0.25) is 0 Å². The summed E-state index contributed by atoms with van der Waals surface area (Å²) in [6, 6.07) is 17.9. The summed E-state index contributed by atoms with van der Waals surface area (Å²) in [5, 5.41) is 12.2. The average Bonchev–Trinajstić information content (AvgIpc) is 2.48. The molecule has 0 saturated carbocycles. The molecule has 3 nitrogen and oxygen atoms in total. The topological polar surface area (TPSA) is 49.3 Å². The highest BCUT2D eigenvalue weighted by Crippen LogP contribution is 2.19. The summed E-state index contributed by atoms with van der Waals surface area (Å²) in [5.74, 6) is -0.739. The van der Waals surface area contributed by atoms with Crippen molar-refractivity contribution in [3.8, 4) is 11.1 Å². The second-order valence-corrected chi connectivity index (χ2v) is 5.50. The molecule has 1 atom stereocenters. The van der Waals surface area contributed by atoms with E-state index in [9.17, 15) is 4.79 Å². The van der Waals surface area contributed by atoms with Gasteiger partial charge in [-0.25, -0.2) is 0 Å². The SMILES string of the molecule is CC(C)C(NCc1ccc(-c2ccccc2)cc1)C(=O)O. The summed E-state index contributed by atoms with van der Waals surface area (Å²) in [6.45, 7) is 4.37. The van der Waals surface area contributed by atoms with Crippen LogP contribution in [0.25, 0.3) is 11.1 Å². The van der Waals surface area contributed by atoms with Gasteiger partial charge in [-0.2, -0.15) is 0 Å². The Morgan fingerprint density at radius 1 is 1.00 bits per heavy atom. The fourth-order valence-electron chi connectivity index (χ4n) is 2.28. The molecule has 110 valence electrons. The molecule has 0 fully saturated rings. The molecule has 2 aromatic carbocycles. The Labute approximate surface area is 125 Å². The highest BCUT2D eigenvalue weighted by atomic mass is 16.4. The molecule has 0 amide bonds. The van der Waals surface area contributed by atoms with Crippen LogP contribution in [-0.2, 0) is 11.3 Å². The van der Waals surface area contributed by atoms with Gasteiger partial charge in [0.25, 0.3) is 0 Å². The van der Waals surface area contributed by atoms with Gasteiger partial charge in [-0.1, -0.05) is 68.4 Å². The molecule has 1 unspecified atom stereocenters. The van der Waals surface area contributed by atoms with E-state index in [1.807, 2.05) is 44.2 Å². The Bertz CT molecular complexity index is 576. The van der Waals surface area contributed by atoms with Crippen molar-refractivity contribution in [3.05, 3.63) is 60.2 Å². The standard InChI is InChI=1S/C18H21NO2/c1-13(2)17(18(20)21)19-12-14-8-10-16(11-9-14)15-6-4-3-5-7-15/h3-11,13,17,19H,12H2,1-2H3,(H,20,21). The van der Waals surface area contributed by atoms with E-state index in [2.05, 4.69) is 29.6 Å². The lowest BCUT2D eigenvalue weighted by Gasteiger charge is -2.18. The zero-order chi connectivity index (χ0) is 15.2. The Hall–Kier alpha value is -2.13. The van der Waals surface area contributed by atoms with E-state index in [-0.39, 0.29) is 5.92 Å². The maximum absolute atomic E-state index is 11.1. The molecule has 0 aliphatic heterocycles. The van der Waals surface area contributed by atoms with Crippen LogP contribution in [0.4, 0.5) is 0 Å². The van der Waals surface area contributed by atoms with Crippen LogP contribution in [0.5, 0.6) is 0 Å². The average molecular weight is 283 g/mol. The third-order valence-corrected chi connectivity index (χ3v) is 3.52. The maximum Gasteiger partial charge on any atom is 0.320 e. The number of hydrogen-bond donors (Lipinski definition) is 2. The van der Waals surface area contributed by atoms with Crippen LogP contribution in [0, 0.1) is 5.92 Å². The van der Waals surface area contributed by atoms with Crippen LogP contribution < -0.4 is 5.32 Å². The number of carbonyl (C=O) groups is 1. The lowest BCUT2D eigenvalue weighted by molar-refractivity contribution is -0.140. The van der Waals surface area contributed by atoms with Crippen LogP contribution in [0.1, 0.15) is 19.4 Å². The first kappa shape index (κ1) is 15.3. The number of nitrogens with one attached hydrogen (secondary N) is 1. The summed E-state index contributed by atoms with van der Waals surface area (Å²) >= 11 is 0. The van der Waals surface area contributed by atoms with E-state index >= 15 is 0 Å². The fraction of sp³-hybridized carbons (Fsp3) is 0.278. The van der Waals surface area contributed by atoms with E-state index in [0.717, 1.165) is 11.1 Å². The van der Waals surface area contributed by atoms with Gasteiger partial charge in [0.15, 0.2) is 0 Å². The molecule has 0 aliphatic rings. The Morgan fingerprint density at radius 3 is 2.10 bits per heavy atom. The Balaban J connectivity index is 2.01. The van der Waals surface area contributed by atoms with Crippen LogP contribution in [0.15, 0.2) is 54.6 Å². The number of carboxylic acids is 1. The highest BCUT2D eigenvalue weighted by Gasteiger charge is 2.20. The summed E-state index contributed by atoms with van der Waals surface area (Å²) < 4.78 is 0. The third kappa shape index (κ3) is 4.17. The predicted octanol–water partition coefficient (Wildman–Crippen LogP) is 3.55. The zero-order valence-electron chi connectivity index (χ0n) is 12.4. The van der Waals surface area contributed by atoms with Crippen molar-refractivity contribution < 1.29 is 9.90 Å². The van der Waals surface area contributed by atoms with Gasteiger partial charge in [0.05, 0.1) is 0 Å². The van der Waals surface area contributed by atoms with E-state index in [4.69, 9.17) is 5.11 Å². The molecule has 3 heteroatoms. The van der Waals surface area contributed by atoms with E-state index in [1.54, 1.807) is 0 Å². The molecule has 0 radical (unpaired) electrons. The molecule has 2 N–H and O–H groups in total. The minimum atomic E-state index is -0.800. The van der Waals surface area contributed by atoms with Crippen molar-refractivity contribution in [2.45, 2.75) is 26.4 Å². The van der Waals surface area contributed by atoms with E-state index < -0.39 is 12.0 Å². The second-order valence-electron chi connectivity index (χ2n) is 5.50. The van der Waals surface area contributed by atoms with Crippen LogP contribution in [0.3, 0.4) is 0 Å². The fourth-order valence-corrected chi connectivity index (χ4v) is 2.28. The largest absolute Gasteiger partial charge is 0.480 e. The first-order chi connectivity index (χ1) is 10.1. The lowest BCUT2D eigenvalue weighted by Crippen LogP contribution is -2.40. The van der Waals surface area contributed by atoms with E-state index in [0.29, 0.717) is 6.54 Å². The second kappa shape index (κ2) is 7.04. The van der Waals surface area contributed by atoms with Gasteiger partial charge in [-0.3, -0.25) is 4.79 Å². The summed E-state index contributed by atoms with van der Waals surface area (Å²) in [6.07, 6.45) is 0. The van der Waals surface area contributed by atoms with E-state index in [1.165, 1.54) is 5.56 Å². The number of benzene rings is 2. The van der Waals surface area contributed by atoms with Gasteiger partial charge in [0, 0.05) is 6.54 Å². The van der Waals surface area contributed by atoms with Crippen molar-refractivity contribution in [3.63, 3.8) is 0 Å². The molecule has 2 rings (SSSR count). The molecule has 2 aromatic rings. The highest BCUT2D eigenvalue weighted by molar-refractivity contribution is 5.73. The maximum atomic E-state index is 11.1. The molecule has 0 aromatic heterocycles. The van der Waals surface area contributed by atoms with Crippen molar-refractivity contribution in [2.24, 2.45) is 5.92 Å². The first-order valence-corrected chi connectivity index (χ1v) is 7.18. The summed E-state index contributed by atoms with van der Waals surface area (Å²) in [5.41, 5.74) is 3.43. The Kier molecular flexibility index (Phi) is 5.12. The van der Waals surface area contributed by atoms with Gasteiger partial charge in [0.1, 0.15) is 6.04 Å². The first-order valence-electron chi connectivity index (χ1n) is 7.18. The third-order valence-electron chi connectivity index (χ3n) is 3.52. The smallest absolute Gasteiger partial charge is 0.320 e. The quantitative estimate of drug-likeness (QED) is 0.852. The lowest BCUT2D eigenvalue weighted by atomic mass is 10.0. The minimum Gasteiger partial charge on any atom is -0.480 e. The van der Waals surface area contributed by atoms with Gasteiger partial charge < -0.3 is 10.4 Å². The Morgan fingerprint density at radius 2 is 1.57 bits per heavy atom. The van der Waals surface area contributed by atoms with Gasteiger partial charge in [-0.05, 0) is 22.6 Å². The summed E-state index contributed by atoms with van der Waals surface area (Å²) in [7, 11) is 0. The van der Waals surface area contributed by atoms with Gasteiger partial charge in [0.2, 0.25) is 0 Å². The van der Waals surface area contributed by atoms with Gasteiger partial charge in [-0.15, -0.1) is 0 Å². The van der Waals surface area contributed by atoms with Crippen molar-refractivity contribution in [2.75, 3.05) is 0 Å². The number of rotatable bonds is 6. The zero-order valence-corrected chi connectivity index (χ0v) is 12.4. The van der Waals surface area contributed by atoms with Gasteiger partial charge >= 0.3 is 5.97 Å². The van der Waals surface area contributed by atoms with Crippen LogP contribution >= 0.6 is 0 Å².